The maximum absolute atomic E-state index is 12.2. The van der Waals surface area contributed by atoms with Crippen LogP contribution in [0.2, 0.25) is 0 Å². The Labute approximate surface area is 117 Å². The van der Waals surface area contributed by atoms with E-state index >= 15 is 0 Å². The van der Waals surface area contributed by atoms with Gasteiger partial charge in [-0.25, -0.2) is 0 Å². The van der Waals surface area contributed by atoms with Crippen LogP contribution in [-0.2, 0) is 9.59 Å². The van der Waals surface area contributed by atoms with Crippen LogP contribution in [0, 0.1) is 0 Å². The molecule has 2 amide bonds. The molecule has 1 aliphatic heterocycles. The number of nitrogens with zero attached hydrogens (tertiary/aromatic N) is 2. The number of amides is 2. The largest absolute Gasteiger partial charge is 0.342 e. The van der Waals surface area contributed by atoms with Gasteiger partial charge in [0.1, 0.15) is 6.54 Å². The van der Waals surface area contributed by atoms with Crippen LogP contribution in [0.1, 0.15) is 13.8 Å². The molecule has 1 aliphatic rings. The van der Waals surface area contributed by atoms with Crippen LogP contribution in [0.5, 0.6) is 0 Å². The lowest BCUT2D eigenvalue weighted by molar-refractivity contribution is -0.130. The minimum absolute atomic E-state index is 0.0000491. The Morgan fingerprint density at radius 2 is 2.00 bits per heavy atom. The summed E-state index contributed by atoms with van der Waals surface area (Å²) in [5, 5.41) is 0. The minimum Gasteiger partial charge on any atom is -0.342 e. The Balaban J connectivity index is 2.20. The average molecular weight is 278 g/mol. The van der Waals surface area contributed by atoms with Gasteiger partial charge in [0.15, 0.2) is 0 Å². The first-order chi connectivity index (χ1) is 9.17. The van der Waals surface area contributed by atoms with Gasteiger partial charge in [-0.1, -0.05) is 12.1 Å². The summed E-state index contributed by atoms with van der Waals surface area (Å²) in [6.07, 6.45) is 0. The summed E-state index contributed by atoms with van der Waals surface area (Å²) in [6, 6.07) is 7.73. The van der Waals surface area contributed by atoms with Crippen LogP contribution in [-0.4, -0.2) is 42.1 Å². The zero-order valence-electron chi connectivity index (χ0n) is 11.3. The predicted molar refractivity (Wildman–Crippen MR) is 77.4 cm³/mol. The number of hydrogen-bond donors (Lipinski definition) is 0. The van der Waals surface area contributed by atoms with E-state index in [-0.39, 0.29) is 18.4 Å². The molecule has 0 aromatic heterocycles. The van der Waals surface area contributed by atoms with E-state index in [0.29, 0.717) is 18.8 Å². The van der Waals surface area contributed by atoms with E-state index in [0.717, 1.165) is 10.6 Å². The van der Waals surface area contributed by atoms with Gasteiger partial charge >= 0.3 is 0 Å². The molecule has 1 aromatic rings. The van der Waals surface area contributed by atoms with Crippen molar-refractivity contribution in [3.8, 4) is 0 Å². The standard InChI is InChI=1S/C14H18N2O2S/c1-3-15(4-2)13(17)9-16-11-7-5-6-8-12(11)19-10-14(16)18/h5-8H,3-4,9-10H2,1-2H3. The monoisotopic (exact) mass is 278 g/mol. The molecule has 0 spiro atoms. The summed E-state index contributed by atoms with van der Waals surface area (Å²) in [7, 11) is 0. The number of anilines is 1. The second-order valence-electron chi connectivity index (χ2n) is 4.30. The zero-order valence-corrected chi connectivity index (χ0v) is 12.1. The summed E-state index contributed by atoms with van der Waals surface area (Å²) in [5.41, 5.74) is 0.851. The Morgan fingerprint density at radius 3 is 2.68 bits per heavy atom. The van der Waals surface area contributed by atoms with Crippen LogP contribution in [0.4, 0.5) is 5.69 Å². The summed E-state index contributed by atoms with van der Waals surface area (Å²) in [4.78, 5) is 28.6. The lowest BCUT2D eigenvalue weighted by Gasteiger charge is -2.30. The smallest absolute Gasteiger partial charge is 0.242 e. The van der Waals surface area contributed by atoms with Gasteiger partial charge in [-0.15, -0.1) is 11.8 Å². The molecule has 1 aromatic carbocycles. The maximum atomic E-state index is 12.2. The topological polar surface area (TPSA) is 40.6 Å². The molecule has 0 bridgehead atoms. The minimum atomic E-state index is 0.0000491. The normalized spacial score (nSPS) is 14.2. The molecular formula is C14H18N2O2S. The number of likely N-dealkylation sites (N-methyl/N-ethyl adjacent to an activating group) is 1. The molecule has 2 rings (SSSR count). The van der Waals surface area contributed by atoms with Crippen molar-refractivity contribution in [1.29, 1.82) is 0 Å². The van der Waals surface area contributed by atoms with Gasteiger partial charge in [-0.05, 0) is 26.0 Å². The third-order valence-electron chi connectivity index (χ3n) is 3.22. The fraction of sp³-hybridized carbons (Fsp3) is 0.429. The van der Waals surface area contributed by atoms with Gasteiger partial charge in [0, 0.05) is 18.0 Å². The molecule has 0 saturated carbocycles. The van der Waals surface area contributed by atoms with Crippen molar-refractivity contribution in [2.45, 2.75) is 18.7 Å². The van der Waals surface area contributed by atoms with E-state index < -0.39 is 0 Å². The van der Waals surface area contributed by atoms with E-state index in [1.807, 2.05) is 38.1 Å². The Morgan fingerprint density at radius 1 is 1.32 bits per heavy atom. The second-order valence-corrected chi connectivity index (χ2v) is 5.32. The summed E-state index contributed by atoms with van der Waals surface area (Å²) in [6.45, 7) is 5.38. The predicted octanol–water partition coefficient (Wildman–Crippen LogP) is 1.99. The van der Waals surface area contributed by atoms with Gasteiger partial charge in [-0.2, -0.15) is 0 Å². The molecule has 102 valence electrons. The van der Waals surface area contributed by atoms with Crippen molar-refractivity contribution < 1.29 is 9.59 Å². The quantitative estimate of drug-likeness (QED) is 0.845. The Kier molecular flexibility index (Phi) is 4.47. The van der Waals surface area contributed by atoms with Crippen molar-refractivity contribution in [3.63, 3.8) is 0 Å². The lowest BCUT2D eigenvalue weighted by Crippen LogP contribution is -2.44. The summed E-state index contributed by atoms with van der Waals surface area (Å²) in [5.74, 6) is 0.409. The fourth-order valence-corrected chi connectivity index (χ4v) is 3.07. The third-order valence-corrected chi connectivity index (χ3v) is 4.27. The first kappa shape index (κ1) is 13.9. The number of carbonyl (C=O) groups excluding carboxylic acids is 2. The van der Waals surface area contributed by atoms with Gasteiger partial charge in [0.05, 0.1) is 11.4 Å². The van der Waals surface area contributed by atoms with Gasteiger partial charge in [0.25, 0.3) is 0 Å². The third kappa shape index (κ3) is 2.92. The highest BCUT2D eigenvalue weighted by molar-refractivity contribution is 8.00. The van der Waals surface area contributed by atoms with Gasteiger partial charge in [-0.3, -0.25) is 9.59 Å². The van der Waals surface area contributed by atoms with Gasteiger partial charge < -0.3 is 9.80 Å². The van der Waals surface area contributed by atoms with Gasteiger partial charge in [0.2, 0.25) is 11.8 Å². The molecule has 0 atom stereocenters. The molecular weight excluding hydrogens is 260 g/mol. The number of carbonyl (C=O) groups is 2. The van der Waals surface area contributed by atoms with Crippen LogP contribution in [0.15, 0.2) is 29.2 Å². The van der Waals surface area contributed by atoms with Crippen molar-refractivity contribution in [2.75, 3.05) is 30.3 Å². The first-order valence-corrected chi connectivity index (χ1v) is 7.45. The number of thioether (sulfide) groups is 1. The second kappa shape index (κ2) is 6.10. The highest BCUT2D eigenvalue weighted by atomic mass is 32.2. The molecule has 4 nitrogen and oxygen atoms in total. The average Bonchev–Trinajstić information content (AvgIpc) is 2.43. The molecule has 0 unspecified atom stereocenters. The van der Waals surface area contributed by atoms with Crippen molar-refractivity contribution in [1.82, 2.24) is 4.90 Å². The molecule has 0 fully saturated rings. The first-order valence-electron chi connectivity index (χ1n) is 6.47. The van der Waals surface area contributed by atoms with Crippen LogP contribution in [0.3, 0.4) is 0 Å². The number of benzene rings is 1. The van der Waals surface area contributed by atoms with Crippen molar-refractivity contribution in [3.05, 3.63) is 24.3 Å². The summed E-state index contributed by atoms with van der Waals surface area (Å²) >= 11 is 1.53. The molecule has 0 saturated heterocycles. The van der Waals surface area contributed by atoms with E-state index in [1.54, 1.807) is 9.80 Å². The molecule has 1 heterocycles. The Bertz CT molecular complexity index is 486. The SMILES string of the molecule is CCN(CC)C(=O)CN1C(=O)CSc2ccccc21. The maximum Gasteiger partial charge on any atom is 0.242 e. The van der Waals surface area contributed by atoms with E-state index in [9.17, 15) is 9.59 Å². The molecule has 5 heteroatoms. The van der Waals surface area contributed by atoms with E-state index in [4.69, 9.17) is 0 Å². The number of hydrogen-bond acceptors (Lipinski definition) is 3. The molecule has 0 radical (unpaired) electrons. The highest BCUT2D eigenvalue weighted by Gasteiger charge is 2.27. The number of para-hydroxylation sites is 1. The molecule has 19 heavy (non-hydrogen) atoms. The number of rotatable bonds is 4. The van der Waals surface area contributed by atoms with E-state index in [2.05, 4.69) is 0 Å². The van der Waals surface area contributed by atoms with Crippen molar-refractivity contribution in [2.24, 2.45) is 0 Å². The van der Waals surface area contributed by atoms with E-state index in [1.165, 1.54) is 11.8 Å². The lowest BCUT2D eigenvalue weighted by atomic mass is 10.2. The number of fused-ring (bicyclic) bond motifs is 1. The summed E-state index contributed by atoms with van der Waals surface area (Å²) < 4.78 is 0. The van der Waals surface area contributed by atoms with Crippen LogP contribution in [0.25, 0.3) is 0 Å². The molecule has 0 aliphatic carbocycles. The fourth-order valence-electron chi connectivity index (χ4n) is 2.14. The molecule has 0 N–H and O–H groups in total. The highest BCUT2D eigenvalue weighted by Crippen LogP contribution is 2.34. The van der Waals surface area contributed by atoms with Crippen molar-refractivity contribution >= 4 is 29.3 Å². The van der Waals surface area contributed by atoms with Crippen LogP contribution < -0.4 is 4.90 Å². The van der Waals surface area contributed by atoms with Crippen LogP contribution >= 0.6 is 11.8 Å². The zero-order chi connectivity index (χ0) is 13.8. The Hall–Kier alpha value is -1.49.